The van der Waals surface area contributed by atoms with Crippen molar-refractivity contribution in [2.75, 3.05) is 26.2 Å². The van der Waals surface area contributed by atoms with E-state index in [0.717, 1.165) is 31.6 Å². The fourth-order valence-corrected chi connectivity index (χ4v) is 2.39. The molecule has 0 spiro atoms. The number of carbonyl (C=O) groups excluding carboxylic acids is 1. The highest BCUT2D eigenvalue weighted by atomic mass is 16.5. The summed E-state index contributed by atoms with van der Waals surface area (Å²) in [4.78, 5) is 22.2. The third-order valence-electron chi connectivity index (χ3n) is 3.61. The second-order valence-corrected chi connectivity index (χ2v) is 5.44. The topological polar surface area (TPSA) is 84.2 Å². The zero-order valence-electron chi connectivity index (χ0n) is 12.5. The predicted octanol–water partition coefficient (Wildman–Crippen LogP) is 1.06. The lowest BCUT2D eigenvalue weighted by atomic mass is 10.0. The molecule has 1 aliphatic heterocycles. The minimum Gasteiger partial charge on any atom is -0.355 e. The van der Waals surface area contributed by atoms with Gasteiger partial charge < -0.3 is 9.84 Å². The summed E-state index contributed by atoms with van der Waals surface area (Å²) in [6.45, 7) is 4.74. The number of hydrogen-bond acceptors (Lipinski definition) is 6. The summed E-state index contributed by atoms with van der Waals surface area (Å²) in [7, 11) is 0. The normalized spacial score (nSPS) is 15.5. The van der Waals surface area contributed by atoms with Gasteiger partial charge in [-0.1, -0.05) is 12.1 Å². The Bertz CT molecular complexity index is 622. The first kappa shape index (κ1) is 14.6. The molecule has 116 valence electrons. The summed E-state index contributed by atoms with van der Waals surface area (Å²) in [6.07, 6.45) is 4.37. The fourth-order valence-electron chi connectivity index (χ4n) is 2.39. The first-order valence-corrected chi connectivity index (χ1v) is 7.49. The van der Waals surface area contributed by atoms with Crippen LogP contribution in [0.25, 0.3) is 11.4 Å². The Morgan fingerprint density at radius 1 is 1.50 bits per heavy atom. The van der Waals surface area contributed by atoms with Crippen molar-refractivity contribution in [1.29, 1.82) is 0 Å². The van der Waals surface area contributed by atoms with E-state index < -0.39 is 0 Å². The molecule has 1 aliphatic rings. The van der Waals surface area contributed by atoms with Gasteiger partial charge in [-0.05, 0) is 18.6 Å². The second-order valence-electron chi connectivity index (χ2n) is 5.44. The molecule has 0 aromatic carbocycles. The summed E-state index contributed by atoms with van der Waals surface area (Å²) in [5, 5.41) is 6.86. The molecule has 0 bridgehead atoms. The van der Waals surface area contributed by atoms with Gasteiger partial charge in [0, 0.05) is 37.6 Å². The molecule has 22 heavy (non-hydrogen) atoms. The standard InChI is InChI=1S/C15H19N5O2/c1-2-5-17-13(21)10-20-8-12(9-20)15-18-14(19-22-15)11-4-3-6-16-7-11/h3-4,6-7,12H,2,5,8-10H2,1H3,(H,17,21). The SMILES string of the molecule is CCCNC(=O)CN1CC(c2nc(-c3cccnc3)no2)C1. The van der Waals surface area contributed by atoms with Crippen molar-refractivity contribution in [3.05, 3.63) is 30.4 Å². The van der Waals surface area contributed by atoms with E-state index in [1.807, 2.05) is 19.1 Å². The molecule has 1 fully saturated rings. The lowest BCUT2D eigenvalue weighted by Gasteiger charge is -2.36. The Kier molecular flexibility index (Phi) is 4.43. The lowest BCUT2D eigenvalue weighted by Crippen LogP contribution is -2.49. The Hall–Kier alpha value is -2.28. The molecule has 1 saturated heterocycles. The third kappa shape index (κ3) is 3.30. The first-order chi connectivity index (χ1) is 10.8. The van der Waals surface area contributed by atoms with E-state index in [-0.39, 0.29) is 11.8 Å². The Balaban J connectivity index is 1.51. The highest BCUT2D eigenvalue weighted by molar-refractivity contribution is 5.78. The molecule has 2 aromatic heterocycles. The Morgan fingerprint density at radius 3 is 3.09 bits per heavy atom. The second kappa shape index (κ2) is 6.65. The number of pyridine rings is 1. The van der Waals surface area contributed by atoms with E-state index in [2.05, 4.69) is 25.3 Å². The van der Waals surface area contributed by atoms with Crippen LogP contribution in [-0.4, -0.2) is 52.1 Å². The smallest absolute Gasteiger partial charge is 0.234 e. The maximum Gasteiger partial charge on any atom is 0.234 e. The highest BCUT2D eigenvalue weighted by Gasteiger charge is 2.33. The van der Waals surface area contributed by atoms with Crippen LogP contribution in [0, 0.1) is 0 Å². The van der Waals surface area contributed by atoms with Crippen LogP contribution in [0.1, 0.15) is 25.2 Å². The molecule has 7 heteroatoms. The molecule has 0 saturated carbocycles. The summed E-state index contributed by atoms with van der Waals surface area (Å²) in [5.41, 5.74) is 0.840. The van der Waals surface area contributed by atoms with Crippen LogP contribution >= 0.6 is 0 Å². The summed E-state index contributed by atoms with van der Waals surface area (Å²) in [5.74, 6) is 1.46. The molecule has 0 atom stereocenters. The van der Waals surface area contributed by atoms with Gasteiger partial charge >= 0.3 is 0 Å². The molecule has 3 heterocycles. The fraction of sp³-hybridized carbons (Fsp3) is 0.467. The van der Waals surface area contributed by atoms with Crippen molar-refractivity contribution in [2.45, 2.75) is 19.3 Å². The average molecular weight is 301 g/mol. The third-order valence-corrected chi connectivity index (χ3v) is 3.61. The zero-order valence-corrected chi connectivity index (χ0v) is 12.5. The number of hydrogen-bond donors (Lipinski definition) is 1. The van der Waals surface area contributed by atoms with E-state index in [1.54, 1.807) is 12.4 Å². The van der Waals surface area contributed by atoms with Crippen LogP contribution in [0.4, 0.5) is 0 Å². The molecule has 0 aliphatic carbocycles. The summed E-state index contributed by atoms with van der Waals surface area (Å²) < 4.78 is 5.33. The van der Waals surface area contributed by atoms with Crippen LogP contribution in [0.2, 0.25) is 0 Å². The molecule has 0 radical (unpaired) electrons. The number of aromatic nitrogens is 3. The van der Waals surface area contributed by atoms with Crippen molar-refractivity contribution in [3.63, 3.8) is 0 Å². The number of amides is 1. The minimum atomic E-state index is 0.0712. The molecule has 3 rings (SSSR count). The maximum atomic E-state index is 11.6. The zero-order chi connectivity index (χ0) is 15.4. The Labute approximate surface area is 128 Å². The van der Waals surface area contributed by atoms with E-state index in [4.69, 9.17) is 4.52 Å². The molecule has 1 amide bonds. The largest absolute Gasteiger partial charge is 0.355 e. The van der Waals surface area contributed by atoms with Gasteiger partial charge in [0.15, 0.2) is 0 Å². The average Bonchev–Trinajstić information content (AvgIpc) is 2.98. The molecule has 2 aromatic rings. The number of likely N-dealkylation sites (tertiary alicyclic amines) is 1. The van der Waals surface area contributed by atoms with E-state index >= 15 is 0 Å². The summed E-state index contributed by atoms with van der Waals surface area (Å²) >= 11 is 0. The monoisotopic (exact) mass is 301 g/mol. The van der Waals surface area contributed by atoms with Crippen LogP contribution in [-0.2, 0) is 4.79 Å². The molecule has 1 N–H and O–H groups in total. The highest BCUT2D eigenvalue weighted by Crippen LogP contribution is 2.26. The number of nitrogens with one attached hydrogen (secondary N) is 1. The molecule has 0 unspecified atom stereocenters. The molecular weight excluding hydrogens is 282 g/mol. The van der Waals surface area contributed by atoms with Gasteiger partial charge in [0.1, 0.15) is 0 Å². The van der Waals surface area contributed by atoms with Crippen molar-refractivity contribution in [3.8, 4) is 11.4 Å². The van der Waals surface area contributed by atoms with Gasteiger partial charge in [-0.2, -0.15) is 4.98 Å². The maximum absolute atomic E-state index is 11.6. The molecular formula is C15H19N5O2. The van der Waals surface area contributed by atoms with Gasteiger partial charge in [-0.15, -0.1) is 0 Å². The number of carbonyl (C=O) groups is 1. The van der Waals surface area contributed by atoms with Crippen LogP contribution in [0.5, 0.6) is 0 Å². The van der Waals surface area contributed by atoms with E-state index in [0.29, 0.717) is 18.3 Å². The molecule has 7 nitrogen and oxygen atoms in total. The van der Waals surface area contributed by atoms with E-state index in [9.17, 15) is 4.79 Å². The van der Waals surface area contributed by atoms with Crippen molar-refractivity contribution in [1.82, 2.24) is 25.3 Å². The quantitative estimate of drug-likeness (QED) is 0.859. The lowest BCUT2D eigenvalue weighted by molar-refractivity contribution is -0.123. The van der Waals surface area contributed by atoms with E-state index in [1.165, 1.54) is 0 Å². The summed E-state index contributed by atoms with van der Waals surface area (Å²) in [6, 6.07) is 3.73. The van der Waals surface area contributed by atoms with Gasteiger partial charge in [0.05, 0.1) is 12.5 Å². The first-order valence-electron chi connectivity index (χ1n) is 7.49. The number of nitrogens with zero attached hydrogens (tertiary/aromatic N) is 4. The van der Waals surface area contributed by atoms with Gasteiger partial charge in [-0.3, -0.25) is 14.7 Å². The van der Waals surface area contributed by atoms with Crippen LogP contribution in [0.15, 0.2) is 29.0 Å². The van der Waals surface area contributed by atoms with Crippen molar-refractivity contribution < 1.29 is 9.32 Å². The van der Waals surface area contributed by atoms with Gasteiger partial charge in [0.2, 0.25) is 17.6 Å². The van der Waals surface area contributed by atoms with Crippen molar-refractivity contribution in [2.24, 2.45) is 0 Å². The Morgan fingerprint density at radius 2 is 2.36 bits per heavy atom. The van der Waals surface area contributed by atoms with Crippen LogP contribution in [0.3, 0.4) is 0 Å². The van der Waals surface area contributed by atoms with Crippen LogP contribution < -0.4 is 5.32 Å². The minimum absolute atomic E-state index is 0.0712. The predicted molar refractivity (Wildman–Crippen MR) is 80.0 cm³/mol. The van der Waals surface area contributed by atoms with Gasteiger partial charge in [-0.25, -0.2) is 0 Å². The van der Waals surface area contributed by atoms with Crippen molar-refractivity contribution >= 4 is 5.91 Å². The van der Waals surface area contributed by atoms with Gasteiger partial charge in [0.25, 0.3) is 0 Å². The number of rotatable bonds is 6.